The molecule has 0 fully saturated rings. The summed E-state index contributed by atoms with van der Waals surface area (Å²) in [6.07, 6.45) is 3.42. The largest absolute Gasteiger partial charge is 0.495 e. The van der Waals surface area contributed by atoms with Gasteiger partial charge in [0.2, 0.25) is 0 Å². The van der Waals surface area contributed by atoms with Crippen LogP contribution >= 0.6 is 11.3 Å². The molecule has 1 amide bonds. The summed E-state index contributed by atoms with van der Waals surface area (Å²) in [5.41, 5.74) is 3.47. The van der Waals surface area contributed by atoms with Crippen molar-refractivity contribution in [2.75, 3.05) is 21.2 Å². The molecule has 0 aromatic carbocycles. The predicted octanol–water partition coefficient (Wildman–Crippen LogP) is 3.73. The Balaban J connectivity index is 0.000000789. The summed E-state index contributed by atoms with van der Waals surface area (Å²) >= 11 is 1.37. The van der Waals surface area contributed by atoms with E-state index < -0.39 is 0 Å². The van der Waals surface area contributed by atoms with Crippen molar-refractivity contribution in [3.63, 3.8) is 0 Å². The second kappa shape index (κ2) is 10.8. The Morgan fingerprint density at radius 2 is 2.05 bits per heavy atom. The molecule has 2 aromatic rings. The minimum Gasteiger partial charge on any atom is -0.495 e. The minimum atomic E-state index is -0.139. The fourth-order valence-corrected chi connectivity index (χ4v) is 2.44. The molecule has 0 aliphatic rings. The topological polar surface area (TPSA) is 54.5 Å². The number of hydrazine groups is 1. The number of hydrogen-bond acceptors (Lipinski definition) is 5. The highest BCUT2D eigenvalue weighted by molar-refractivity contribution is 7.21. The minimum absolute atomic E-state index is 0.139. The quantitative estimate of drug-likeness (QED) is 0.691. The van der Waals surface area contributed by atoms with Crippen molar-refractivity contribution in [1.29, 1.82) is 0 Å². The highest BCUT2D eigenvalue weighted by atomic mass is 32.1. The highest BCUT2D eigenvalue weighted by Crippen LogP contribution is 2.31. The van der Waals surface area contributed by atoms with E-state index in [2.05, 4.69) is 17.0 Å². The number of nitrogens with zero attached hydrogens (tertiary/aromatic N) is 2. The standard InChI is InChI=1S/C11H13N3O2S.C3H6.C2H6/c1-14(2)13-11(15)9-6-7-10(17-9)8(16-3)4-5-12-7;1-3-2;1-2/h4-6H,1-3H3,(H,13,15);3H,1H2,2H3;1-2H3. The molecule has 0 spiro atoms. The Bertz CT molecular complexity index is 594. The van der Waals surface area contributed by atoms with E-state index in [0.717, 1.165) is 16.0 Å². The molecule has 0 aliphatic heterocycles. The zero-order valence-electron chi connectivity index (χ0n) is 14.1. The number of nitrogens with one attached hydrogen (secondary N) is 1. The van der Waals surface area contributed by atoms with Gasteiger partial charge in [0.25, 0.3) is 5.91 Å². The average Bonchev–Trinajstić information content (AvgIpc) is 2.93. The molecule has 6 heteroatoms. The van der Waals surface area contributed by atoms with Crippen LogP contribution in [0.4, 0.5) is 0 Å². The second-order valence-corrected chi connectivity index (χ2v) is 5.13. The highest BCUT2D eigenvalue weighted by Gasteiger charge is 2.13. The summed E-state index contributed by atoms with van der Waals surface area (Å²) in [6, 6.07) is 3.55. The first-order valence-electron chi connectivity index (χ1n) is 7.01. The van der Waals surface area contributed by atoms with Gasteiger partial charge in [-0.2, -0.15) is 0 Å². The Morgan fingerprint density at radius 3 is 2.55 bits per heavy atom. The molecule has 0 bridgehead atoms. The number of allylic oxidation sites excluding steroid dienone is 1. The summed E-state index contributed by atoms with van der Waals surface area (Å²) < 4.78 is 6.12. The number of fused-ring (bicyclic) bond motifs is 1. The molecule has 22 heavy (non-hydrogen) atoms. The van der Waals surface area contributed by atoms with Gasteiger partial charge in [0.15, 0.2) is 0 Å². The Hall–Kier alpha value is -1.92. The third-order valence-electron chi connectivity index (χ3n) is 2.14. The predicted molar refractivity (Wildman–Crippen MR) is 94.5 cm³/mol. The van der Waals surface area contributed by atoms with Crippen LogP contribution in [0.2, 0.25) is 0 Å². The molecule has 122 valence electrons. The number of thiophene rings is 1. The molecular formula is C16H25N3O2S. The van der Waals surface area contributed by atoms with E-state index in [1.807, 2.05) is 20.8 Å². The molecule has 0 unspecified atom stereocenters. The Morgan fingerprint density at radius 1 is 1.45 bits per heavy atom. The zero-order valence-corrected chi connectivity index (χ0v) is 15.0. The first-order chi connectivity index (χ1) is 10.5. The maximum absolute atomic E-state index is 11.8. The summed E-state index contributed by atoms with van der Waals surface area (Å²) in [7, 11) is 5.14. The van der Waals surface area contributed by atoms with E-state index in [-0.39, 0.29) is 5.91 Å². The van der Waals surface area contributed by atoms with Gasteiger partial charge < -0.3 is 4.74 Å². The number of aromatic nitrogens is 1. The summed E-state index contributed by atoms with van der Waals surface area (Å²) in [5, 5.41) is 1.61. The third kappa shape index (κ3) is 5.83. The molecule has 0 aliphatic carbocycles. The van der Waals surface area contributed by atoms with E-state index >= 15 is 0 Å². The number of hydrogen-bond donors (Lipinski definition) is 1. The number of pyridine rings is 1. The van der Waals surface area contributed by atoms with Gasteiger partial charge in [-0.25, -0.2) is 5.01 Å². The lowest BCUT2D eigenvalue weighted by Gasteiger charge is -2.09. The van der Waals surface area contributed by atoms with E-state index in [9.17, 15) is 4.79 Å². The average molecular weight is 323 g/mol. The van der Waals surface area contributed by atoms with Gasteiger partial charge in [-0.15, -0.1) is 17.9 Å². The van der Waals surface area contributed by atoms with Gasteiger partial charge >= 0.3 is 0 Å². The van der Waals surface area contributed by atoms with Crippen LogP contribution in [0.25, 0.3) is 10.2 Å². The lowest BCUT2D eigenvalue weighted by molar-refractivity contribution is 0.0861. The van der Waals surface area contributed by atoms with Crippen LogP contribution in [0.3, 0.4) is 0 Å². The van der Waals surface area contributed by atoms with Crippen LogP contribution in [-0.2, 0) is 0 Å². The van der Waals surface area contributed by atoms with Crippen molar-refractivity contribution in [3.05, 3.63) is 35.9 Å². The van der Waals surface area contributed by atoms with Crippen LogP contribution in [0, 0.1) is 0 Å². The van der Waals surface area contributed by atoms with Gasteiger partial charge in [0, 0.05) is 20.3 Å². The van der Waals surface area contributed by atoms with Gasteiger partial charge in [-0.05, 0) is 19.1 Å². The van der Waals surface area contributed by atoms with Crippen molar-refractivity contribution in [2.24, 2.45) is 0 Å². The maximum Gasteiger partial charge on any atom is 0.275 e. The fraction of sp³-hybridized carbons (Fsp3) is 0.375. The molecule has 0 atom stereocenters. The molecule has 2 aromatic heterocycles. The van der Waals surface area contributed by atoms with Crippen molar-refractivity contribution in [3.8, 4) is 5.75 Å². The normalized spacial score (nSPS) is 9.23. The molecule has 5 nitrogen and oxygen atoms in total. The number of carbonyl (C=O) groups is 1. The molecule has 1 N–H and O–H groups in total. The van der Waals surface area contributed by atoms with E-state index in [1.165, 1.54) is 11.3 Å². The van der Waals surface area contributed by atoms with Crippen LogP contribution < -0.4 is 10.2 Å². The van der Waals surface area contributed by atoms with Crippen molar-refractivity contribution in [2.45, 2.75) is 20.8 Å². The van der Waals surface area contributed by atoms with Gasteiger partial charge in [0.05, 0.1) is 22.2 Å². The molecule has 0 radical (unpaired) electrons. The monoisotopic (exact) mass is 323 g/mol. The molecular weight excluding hydrogens is 298 g/mol. The molecule has 2 heterocycles. The second-order valence-electron chi connectivity index (χ2n) is 4.08. The molecule has 0 saturated carbocycles. The first-order valence-corrected chi connectivity index (χ1v) is 7.83. The van der Waals surface area contributed by atoms with E-state index in [0.29, 0.717) is 4.88 Å². The number of ether oxygens (including phenoxy) is 1. The number of carbonyl (C=O) groups excluding carboxylic acids is 1. The first kappa shape index (κ1) is 20.1. The van der Waals surface area contributed by atoms with Crippen molar-refractivity contribution >= 4 is 27.5 Å². The summed E-state index contributed by atoms with van der Waals surface area (Å²) in [4.78, 5) is 16.6. The fourth-order valence-electron chi connectivity index (χ4n) is 1.45. The van der Waals surface area contributed by atoms with Crippen LogP contribution in [0.15, 0.2) is 31.0 Å². The Labute approximate surface area is 136 Å². The SMILES string of the molecule is C=CC.CC.COc1ccnc2cc(C(=O)NN(C)C)sc12. The van der Waals surface area contributed by atoms with Gasteiger partial charge in [-0.1, -0.05) is 19.9 Å². The van der Waals surface area contributed by atoms with Crippen molar-refractivity contribution in [1.82, 2.24) is 15.4 Å². The van der Waals surface area contributed by atoms with Gasteiger partial charge in [0.1, 0.15) is 5.75 Å². The van der Waals surface area contributed by atoms with Crippen LogP contribution in [0.5, 0.6) is 5.75 Å². The third-order valence-corrected chi connectivity index (χ3v) is 3.28. The van der Waals surface area contributed by atoms with E-state index in [4.69, 9.17) is 4.74 Å². The summed E-state index contributed by atoms with van der Waals surface area (Å²) in [5.74, 6) is 0.601. The molecule has 0 saturated heterocycles. The lowest BCUT2D eigenvalue weighted by Crippen LogP contribution is -2.35. The Kier molecular flexibility index (Phi) is 9.82. The maximum atomic E-state index is 11.8. The van der Waals surface area contributed by atoms with E-state index in [1.54, 1.807) is 50.6 Å². The number of rotatable bonds is 3. The smallest absolute Gasteiger partial charge is 0.275 e. The lowest BCUT2D eigenvalue weighted by atomic mass is 10.3. The van der Waals surface area contributed by atoms with Crippen molar-refractivity contribution < 1.29 is 9.53 Å². The summed E-state index contributed by atoms with van der Waals surface area (Å²) in [6.45, 7) is 9.25. The van der Waals surface area contributed by atoms with Gasteiger partial charge in [-0.3, -0.25) is 15.2 Å². The molecule has 2 rings (SSSR count). The number of methoxy groups -OCH3 is 1. The number of amides is 1. The van der Waals surface area contributed by atoms with Crippen LogP contribution in [0.1, 0.15) is 30.4 Å². The van der Waals surface area contributed by atoms with Crippen LogP contribution in [-0.4, -0.2) is 37.1 Å². The zero-order chi connectivity index (χ0) is 17.1.